The van der Waals surface area contributed by atoms with E-state index in [1.165, 1.54) is 0 Å². The zero-order valence-electron chi connectivity index (χ0n) is 16.6. The van der Waals surface area contributed by atoms with Crippen LogP contribution < -0.4 is 28.4 Å². The Bertz CT molecular complexity index is 976. The molecule has 8 heteroatoms. The van der Waals surface area contributed by atoms with Crippen molar-refractivity contribution in [2.45, 2.75) is 12.3 Å². The SMILES string of the molecule is COc1cc(C(CC2=CCOC2=O)c2cc(OC)c3c(c2)OCO3)cc2c1OCO2. The Morgan fingerprint density at radius 3 is 1.87 bits per heavy atom. The van der Waals surface area contributed by atoms with Crippen molar-refractivity contribution in [3.05, 3.63) is 47.0 Å². The highest BCUT2D eigenvalue weighted by Crippen LogP contribution is 2.48. The van der Waals surface area contributed by atoms with Crippen LogP contribution in [-0.4, -0.2) is 40.4 Å². The topological polar surface area (TPSA) is 81.7 Å². The van der Waals surface area contributed by atoms with Crippen molar-refractivity contribution in [1.82, 2.24) is 0 Å². The minimum atomic E-state index is -0.305. The zero-order chi connectivity index (χ0) is 20.7. The Kier molecular flexibility index (Phi) is 4.54. The molecule has 0 radical (unpaired) electrons. The summed E-state index contributed by atoms with van der Waals surface area (Å²) in [6.07, 6.45) is 2.24. The van der Waals surface area contributed by atoms with Crippen LogP contribution >= 0.6 is 0 Å². The van der Waals surface area contributed by atoms with Crippen LogP contribution in [0, 0.1) is 0 Å². The summed E-state index contributed by atoms with van der Waals surface area (Å²) in [5.41, 5.74) is 2.42. The fourth-order valence-corrected chi connectivity index (χ4v) is 3.91. The van der Waals surface area contributed by atoms with Gasteiger partial charge >= 0.3 is 5.97 Å². The van der Waals surface area contributed by atoms with Crippen molar-refractivity contribution in [3.63, 3.8) is 0 Å². The molecule has 0 atom stereocenters. The van der Waals surface area contributed by atoms with E-state index in [4.69, 9.17) is 33.2 Å². The molecule has 3 aliphatic rings. The lowest BCUT2D eigenvalue weighted by Gasteiger charge is -2.21. The first-order valence-electron chi connectivity index (χ1n) is 9.49. The van der Waals surface area contributed by atoms with E-state index in [1.54, 1.807) is 14.2 Å². The molecule has 5 rings (SSSR count). The Hall–Kier alpha value is -3.55. The fraction of sp³-hybridized carbons (Fsp3) is 0.318. The van der Waals surface area contributed by atoms with Gasteiger partial charge < -0.3 is 33.2 Å². The van der Waals surface area contributed by atoms with Crippen LogP contribution in [0.2, 0.25) is 0 Å². The van der Waals surface area contributed by atoms with Crippen molar-refractivity contribution >= 4 is 5.97 Å². The molecule has 0 spiro atoms. The fourth-order valence-electron chi connectivity index (χ4n) is 3.91. The maximum Gasteiger partial charge on any atom is 0.334 e. The van der Waals surface area contributed by atoms with Gasteiger partial charge in [0, 0.05) is 11.5 Å². The third kappa shape index (κ3) is 3.04. The lowest BCUT2D eigenvalue weighted by molar-refractivity contribution is -0.136. The second kappa shape index (κ2) is 7.37. The Labute approximate surface area is 172 Å². The summed E-state index contributed by atoms with van der Waals surface area (Å²) in [6.45, 7) is 0.556. The highest BCUT2D eigenvalue weighted by atomic mass is 16.7. The maximum absolute atomic E-state index is 12.2. The second-order valence-electron chi connectivity index (χ2n) is 7.00. The van der Waals surface area contributed by atoms with Gasteiger partial charge in [0.1, 0.15) is 6.61 Å². The summed E-state index contributed by atoms with van der Waals surface area (Å²) < 4.78 is 38.4. The number of fused-ring (bicyclic) bond motifs is 2. The highest BCUT2D eigenvalue weighted by molar-refractivity contribution is 5.90. The van der Waals surface area contributed by atoms with Gasteiger partial charge in [-0.3, -0.25) is 0 Å². The van der Waals surface area contributed by atoms with Crippen molar-refractivity contribution < 1.29 is 38.0 Å². The average Bonchev–Trinajstić information content (AvgIpc) is 3.51. The molecule has 0 saturated carbocycles. The number of benzene rings is 2. The highest BCUT2D eigenvalue weighted by Gasteiger charge is 2.30. The van der Waals surface area contributed by atoms with Crippen LogP contribution in [0.1, 0.15) is 23.5 Å². The number of hydrogen-bond acceptors (Lipinski definition) is 8. The molecule has 2 aromatic rings. The van der Waals surface area contributed by atoms with E-state index >= 15 is 0 Å². The van der Waals surface area contributed by atoms with Crippen LogP contribution in [-0.2, 0) is 9.53 Å². The Morgan fingerprint density at radius 1 is 0.833 bits per heavy atom. The van der Waals surface area contributed by atoms with Crippen LogP contribution in [0.4, 0.5) is 0 Å². The minimum absolute atomic E-state index is 0.134. The van der Waals surface area contributed by atoms with E-state index in [-0.39, 0.29) is 32.1 Å². The van der Waals surface area contributed by atoms with Crippen LogP contribution in [0.5, 0.6) is 34.5 Å². The van der Waals surface area contributed by atoms with E-state index < -0.39 is 0 Å². The van der Waals surface area contributed by atoms with Gasteiger partial charge in [-0.15, -0.1) is 0 Å². The predicted molar refractivity (Wildman–Crippen MR) is 104 cm³/mol. The molecule has 0 aromatic heterocycles. The molecule has 0 saturated heterocycles. The van der Waals surface area contributed by atoms with Gasteiger partial charge in [0.15, 0.2) is 23.0 Å². The number of esters is 1. The maximum atomic E-state index is 12.2. The molecule has 3 aliphatic heterocycles. The number of carbonyl (C=O) groups is 1. The van der Waals surface area contributed by atoms with E-state index in [0.29, 0.717) is 46.5 Å². The third-order valence-electron chi connectivity index (χ3n) is 5.40. The Morgan fingerprint density at radius 2 is 1.40 bits per heavy atom. The van der Waals surface area contributed by atoms with Crippen LogP contribution in [0.15, 0.2) is 35.9 Å². The zero-order valence-corrected chi connectivity index (χ0v) is 16.6. The third-order valence-corrected chi connectivity index (χ3v) is 5.40. The molecule has 0 N–H and O–H groups in total. The van der Waals surface area contributed by atoms with Gasteiger partial charge in [-0.05, 0) is 47.9 Å². The molecular weight excluding hydrogens is 392 g/mol. The molecule has 3 heterocycles. The normalized spacial score (nSPS) is 16.0. The summed E-state index contributed by atoms with van der Waals surface area (Å²) in [5, 5.41) is 0. The number of methoxy groups -OCH3 is 2. The van der Waals surface area contributed by atoms with E-state index in [0.717, 1.165) is 11.1 Å². The number of ether oxygens (including phenoxy) is 7. The van der Waals surface area contributed by atoms with Crippen LogP contribution in [0.25, 0.3) is 0 Å². The molecule has 0 bridgehead atoms. The van der Waals surface area contributed by atoms with Gasteiger partial charge in [-0.2, -0.15) is 0 Å². The lowest BCUT2D eigenvalue weighted by Crippen LogP contribution is -2.08. The van der Waals surface area contributed by atoms with Gasteiger partial charge in [0.05, 0.1) is 14.2 Å². The predicted octanol–water partition coefficient (Wildman–Crippen LogP) is 3.17. The summed E-state index contributed by atoms with van der Waals surface area (Å²) in [7, 11) is 3.16. The first-order chi connectivity index (χ1) is 14.7. The molecule has 8 nitrogen and oxygen atoms in total. The van der Waals surface area contributed by atoms with Gasteiger partial charge in [-0.1, -0.05) is 0 Å². The first-order valence-corrected chi connectivity index (χ1v) is 9.49. The summed E-state index contributed by atoms with van der Waals surface area (Å²) in [4.78, 5) is 12.2. The monoisotopic (exact) mass is 412 g/mol. The molecule has 0 fully saturated rings. The van der Waals surface area contributed by atoms with E-state index in [9.17, 15) is 4.79 Å². The lowest BCUT2D eigenvalue weighted by atomic mass is 9.85. The molecule has 0 amide bonds. The van der Waals surface area contributed by atoms with Crippen molar-refractivity contribution in [1.29, 1.82) is 0 Å². The summed E-state index contributed by atoms with van der Waals surface area (Å²) >= 11 is 0. The number of rotatable bonds is 6. The van der Waals surface area contributed by atoms with Gasteiger partial charge in [0.25, 0.3) is 0 Å². The summed E-state index contributed by atoms with van der Waals surface area (Å²) in [6, 6.07) is 7.62. The molecular formula is C22H20O8. The van der Waals surface area contributed by atoms with E-state index in [1.807, 2.05) is 30.3 Å². The quantitative estimate of drug-likeness (QED) is 0.670. The molecule has 0 aliphatic carbocycles. The van der Waals surface area contributed by atoms with Gasteiger partial charge in [-0.25, -0.2) is 4.79 Å². The number of carbonyl (C=O) groups excluding carboxylic acids is 1. The van der Waals surface area contributed by atoms with Crippen molar-refractivity contribution in [2.24, 2.45) is 0 Å². The molecule has 30 heavy (non-hydrogen) atoms. The van der Waals surface area contributed by atoms with E-state index in [2.05, 4.69) is 0 Å². The Balaban J connectivity index is 1.63. The standard InChI is InChI=1S/C22H20O8/c1-24-16-6-13(8-18-20(16)29-10-27-18)15(5-12-3-4-26-22(12)23)14-7-17(25-2)21-19(9-14)28-11-30-21/h3,6-9,15H,4-5,10-11H2,1-2H3. The molecule has 0 unspecified atom stereocenters. The number of hydrogen-bond donors (Lipinski definition) is 0. The van der Waals surface area contributed by atoms with Crippen molar-refractivity contribution in [2.75, 3.05) is 34.4 Å². The first kappa shape index (κ1) is 18.5. The average molecular weight is 412 g/mol. The summed E-state index contributed by atoms with van der Waals surface area (Å²) in [5.74, 6) is 2.97. The van der Waals surface area contributed by atoms with Gasteiger partial charge in [0.2, 0.25) is 25.1 Å². The van der Waals surface area contributed by atoms with Crippen LogP contribution in [0.3, 0.4) is 0 Å². The largest absolute Gasteiger partial charge is 0.493 e. The van der Waals surface area contributed by atoms with Crippen molar-refractivity contribution in [3.8, 4) is 34.5 Å². The number of cyclic esters (lactones) is 1. The smallest absolute Gasteiger partial charge is 0.334 e. The molecule has 2 aromatic carbocycles. The molecule has 156 valence electrons. The minimum Gasteiger partial charge on any atom is -0.493 e. The second-order valence-corrected chi connectivity index (χ2v) is 7.00.